The molecule has 1 N–H and O–H groups in total. The number of rotatable bonds is 7. The van der Waals surface area contributed by atoms with E-state index >= 15 is 0 Å². The Morgan fingerprint density at radius 2 is 1.88 bits per heavy atom. The highest BCUT2D eigenvalue weighted by Gasteiger charge is 2.32. The van der Waals surface area contributed by atoms with Gasteiger partial charge in [0.15, 0.2) is 0 Å². The van der Waals surface area contributed by atoms with Crippen LogP contribution in [0.1, 0.15) is 40.0 Å². The van der Waals surface area contributed by atoms with Crippen molar-refractivity contribution in [1.82, 2.24) is 9.80 Å². The lowest BCUT2D eigenvalue weighted by Crippen LogP contribution is -2.46. The Balaban J connectivity index is 1.66. The van der Waals surface area contributed by atoms with Gasteiger partial charge in [0.25, 0.3) is 0 Å². The first kappa shape index (κ1) is 19.0. The lowest BCUT2D eigenvalue weighted by Gasteiger charge is -2.36. The van der Waals surface area contributed by atoms with Crippen molar-refractivity contribution in [3.05, 3.63) is 24.3 Å². The second-order valence-corrected chi connectivity index (χ2v) is 7.98. The number of hydrogen-bond donors (Lipinski definition) is 1. The summed E-state index contributed by atoms with van der Waals surface area (Å²) >= 11 is 0. The zero-order chi connectivity index (χ0) is 18.5. The summed E-state index contributed by atoms with van der Waals surface area (Å²) in [5.74, 6) is 0.617. The zero-order valence-electron chi connectivity index (χ0n) is 16.6. The summed E-state index contributed by atoms with van der Waals surface area (Å²) in [5, 5.41) is 3.21. The molecule has 0 bridgehead atoms. The quantitative estimate of drug-likeness (QED) is 0.804. The molecule has 1 aromatic carbocycles. The molecule has 5 nitrogen and oxygen atoms in total. The van der Waals surface area contributed by atoms with E-state index in [4.69, 9.17) is 0 Å². The van der Waals surface area contributed by atoms with E-state index in [1.54, 1.807) is 0 Å². The fraction of sp³-hybridized carbons (Fsp3) is 0.667. The predicted molar refractivity (Wildman–Crippen MR) is 109 cm³/mol. The highest BCUT2D eigenvalue weighted by Crippen LogP contribution is 2.30. The Morgan fingerprint density at radius 3 is 2.50 bits per heavy atom. The van der Waals surface area contributed by atoms with Crippen LogP contribution in [-0.2, 0) is 0 Å². The molecule has 5 heteroatoms. The van der Waals surface area contributed by atoms with Crippen molar-refractivity contribution in [3.8, 4) is 0 Å². The average Bonchev–Trinajstić information content (AvgIpc) is 3.47. The maximum Gasteiger partial charge on any atom is 0.322 e. The molecule has 26 heavy (non-hydrogen) atoms. The number of carbonyl (C=O) groups excluding carboxylic acids is 1. The lowest BCUT2D eigenvalue weighted by atomic mass is 10.1. The third kappa shape index (κ3) is 4.91. The number of benzene rings is 1. The number of amides is 2. The Labute approximate surface area is 158 Å². The molecule has 2 fully saturated rings. The summed E-state index contributed by atoms with van der Waals surface area (Å²) in [6.45, 7) is 12.8. The molecular formula is C21H34N4O. The summed E-state index contributed by atoms with van der Waals surface area (Å²) in [4.78, 5) is 19.8. The monoisotopic (exact) mass is 358 g/mol. The first-order valence-corrected chi connectivity index (χ1v) is 10.2. The van der Waals surface area contributed by atoms with Gasteiger partial charge in [0, 0.05) is 38.8 Å². The number of para-hydroxylation sites is 2. The van der Waals surface area contributed by atoms with Gasteiger partial charge in [-0.15, -0.1) is 0 Å². The molecule has 2 amide bonds. The highest BCUT2D eigenvalue weighted by atomic mass is 16.2. The number of nitrogens with zero attached hydrogens (tertiary/aromatic N) is 3. The normalized spacial score (nSPS) is 18.2. The molecule has 2 aliphatic rings. The van der Waals surface area contributed by atoms with Gasteiger partial charge in [0.1, 0.15) is 0 Å². The molecule has 1 saturated carbocycles. The summed E-state index contributed by atoms with van der Waals surface area (Å²) in [6.07, 6.45) is 3.35. The van der Waals surface area contributed by atoms with E-state index in [-0.39, 0.29) is 6.03 Å². The van der Waals surface area contributed by atoms with Crippen LogP contribution in [0.25, 0.3) is 0 Å². The van der Waals surface area contributed by atoms with Crippen molar-refractivity contribution in [1.29, 1.82) is 0 Å². The van der Waals surface area contributed by atoms with Crippen molar-refractivity contribution in [2.24, 2.45) is 5.92 Å². The van der Waals surface area contributed by atoms with E-state index in [9.17, 15) is 4.79 Å². The van der Waals surface area contributed by atoms with Crippen molar-refractivity contribution < 1.29 is 4.79 Å². The highest BCUT2D eigenvalue weighted by molar-refractivity contribution is 5.93. The van der Waals surface area contributed by atoms with Gasteiger partial charge in [-0.3, -0.25) is 0 Å². The molecule has 0 aromatic heterocycles. The van der Waals surface area contributed by atoms with Crippen LogP contribution in [0.5, 0.6) is 0 Å². The maximum atomic E-state index is 12.9. The van der Waals surface area contributed by atoms with Crippen LogP contribution in [0.4, 0.5) is 16.2 Å². The van der Waals surface area contributed by atoms with Crippen LogP contribution >= 0.6 is 0 Å². The van der Waals surface area contributed by atoms with E-state index in [1.807, 2.05) is 17.0 Å². The van der Waals surface area contributed by atoms with Gasteiger partial charge in [-0.25, -0.2) is 4.79 Å². The Hall–Kier alpha value is -1.75. The average molecular weight is 359 g/mol. The van der Waals surface area contributed by atoms with Gasteiger partial charge in [0.05, 0.1) is 11.4 Å². The minimum absolute atomic E-state index is 0.0628. The van der Waals surface area contributed by atoms with Crippen molar-refractivity contribution >= 4 is 17.4 Å². The van der Waals surface area contributed by atoms with Gasteiger partial charge >= 0.3 is 6.03 Å². The molecule has 1 aromatic rings. The summed E-state index contributed by atoms with van der Waals surface area (Å²) in [7, 11) is 0. The maximum absolute atomic E-state index is 12.9. The minimum atomic E-state index is 0.0628. The fourth-order valence-electron chi connectivity index (χ4n) is 3.58. The fourth-order valence-corrected chi connectivity index (χ4v) is 3.58. The van der Waals surface area contributed by atoms with Crippen LogP contribution in [0.3, 0.4) is 0 Å². The van der Waals surface area contributed by atoms with E-state index in [0.717, 1.165) is 69.9 Å². The summed E-state index contributed by atoms with van der Waals surface area (Å²) in [5.41, 5.74) is 2.09. The first-order valence-electron chi connectivity index (χ1n) is 10.2. The molecule has 0 radical (unpaired) electrons. The molecule has 0 unspecified atom stereocenters. The Morgan fingerprint density at radius 1 is 1.19 bits per heavy atom. The Bertz CT molecular complexity index is 591. The number of piperazine rings is 1. The van der Waals surface area contributed by atoms with Crippen LogP contribution in [0.2, 0.25) is 0 Å². The molecule has 144 valence electrons. The second kappa shape index (κ2) is 8.76. The molecule has 0 atom stereocenters. The van der Waals surface area contributed by atoms with Gasteiger partial charge in [-0.1, -0.05) is 32.9 Å². The zero-order valence-corrected chi connectivity index (χ0v) is 16.6. The number of hydrogen-bond acceptors (Lipinski definition) is 3. The topological polar surface area (TPSA) is 38.8 Å². The van der Waals surface area contributed by atoms with E-state index < -0.39 is 0 Å². The molecular weight excluding hydrogens is 324 g/mol. The number of nitrogens with one attached hydrogen (secondary N) is 1. The van der Waals surface area contributed by atoms with Crippen LogP contribution in [-0.4, -0.2) is 61.1 Å². The SMILES string of the molecule is CCN1CCN(c2ccccc2NC(=O)N(CCC(C)C)C2CC2)CC1. The van der Waals surface area contributed by atoms with E-state index in [1.165, 1.54) is 0 Å². The van der Waals surface area contributed by atoms with Crippen LogP contribution in [0.15, 0.2) is 24.3 Å². The second-order valence-electron chi connectivity index (χ2n) is 7.98. The lowest BCUT2D eigenvalue weighted by molar-refractivity contribution is 0.205. The first-order chi connectivity index (χ1) is 12.6. The molecule has 1 heterocycles. The number of urea groups is 1. The minimum Gasteiger partial charge on any atom is -0.367 e. The van der Waals surface area contributed by atoms with Crippen molar-refractivity contribution in [3.63, 3.8) is 0 Å². The van der Waals surface area contributed by atoms with E-state index in [2.05, 4.69) is 48.0 Å². The third-order valence-electron chi connectivity index (χ3n) is 5.50. The van der Waals surface area contributed by atoms with Gasteiger partial charge in [-0.05, 0) is 43.9 Å². The molecule has 1 aliphatic carbocycles. The summed E-state index contributed by atoms with van der Waals surface area (Å²) in [6, 6.07) is 8.74. The Kier molecular flexibility index (Phi) is 6.41. The molecule has 3 rings (SSSR count). The van der Waals surface area contributed by atoms with Crippen LogP contribution in [0, 0.1) is 5.92 Å². The van der Waals surface area contributed by atoms with E-state index in [0.29, 0.717) is 12.0 Å². The van der Waals surface area contributed by atoms with Crippen LogP contribution < -0.4 is 10.2 Å². The summed E-state index contributed by atoms with van der Waals surface area (Å²) < 4.78 is 0. The van der Waals surface area contributed by atoms with Gasteiger partial charge < -0.3 is 20.0 Å². The smallest absolute Gasteiger partial charge is 0.322 e. The molecule has 0 spiro atoms. The standard InChI is InChI=1S/C21H34N4O/c1-4-23-13-15-24(16-14-23)20-8-6-5-7-19(20)22-21(26)25(18-9-10-18)12-11-17(2)3/h5-8,17-18H,4,9-16H2,1-3H3,(H,22,26). The predicted octanol–water partition coefficient (Wildman–Crippen LogP) is 3.87. The molecule has 1 aliphatic heterocycles. The number of carbonyl (C=O) groups is 1. The third-order valence-corrected chi connectivity index (χ3v) is 5.50. The van der Waals surface area contributed by atoms with Gasteiger partial charge in [-0.2, -0.15) is 0 Å². The molecule has 1 saturated heterocycles. The largest absolute Gasteiger partial charge is 0.367 e. The number of likely N-dealkylation sites (N-methyl/N-ethyl adjacent to an activating group) is 1. The van der Waals surface area contributed by atoms with Crippen molar-refractivity contribution in [2.45, 2.75) is 46.1 Å². The number of anilines is 2. The van der Waals surface area contributed by atoms with Crippen molar-refractivity contribution in [2.75, 3.05) is 49.5 Å². The van der Waals surface area contributed by atoms with Gasteiger partial charge in [0.2, 0.25) is 0 Å².